The van der Waals surface area contributed by atoms with Crippen LogP contribution in [0.25, 0.3) is 0 Å². The molecule has 0 fully saturated rings. The maximum absolute atomic E-state index is 3.35. The molecule has 2 N–H and O–H groups in total. The summed E-state index contributed by atoms with van der Waals surface area (Å²) in [6, 6.07) is 1.33. The Morgan fingerprint density at radius 1 is 1.09 bits per heavy atom. The van der Waals surface area contributed by atoms with Crippen LogP contribution in [0.3, 0.4) is 0 Å². The quantitative estimate of drug-likeness (QED) is 0.623. The van der Waals surface area contributed by atoms with E-state index >= 15 is 0 Å². The van der Waals surface area contributed by atoms with E-state index in [1.807, 2.05) is 0 Å². The lowest BCUT2D eigenvalue weighted by molar-refractivity contribution is 0.395. The molecule has 0 rings (SSSR count). The number of rotatable bonds is 4. The van der Waals surface area contributed by atoms with Gasteiger partial charge in [-0.3, -0.25) is 0 Å². The van der Waals surface area contributed by atoms with Crippen molar-refractivity contribution in [2.24, 2.45) is 5.41 Å². The molecule has 0 amide bonds. The highest BCUT2D eigenvalue weighted by Gasteiger charge is 2.13. The van der Waals surface area contributed by atoms with Crippen molar-refractivity contribution in [3.05, 3.63) is 0 Å². The van der Waals surface area contributed by atoms with Crippen molar-refractivity contribution in [3.8, 4) is 0 Å². The van der Waals surface area contributed by atoms with Crippen LogP contribution in [0, 0.1) is 5.41 Å². The highest BCUT2D eigenvalue weighted by molar-refractivity contribution is 6.53. The van der Waals surface area contributed by atoms with Gasteiger partial charge in [0, 0.05) is 0 Å². The van der Waals surface area contributed by atoms with Gasteiger partial charge in [0.05, 0.1) is 0 Å². The lowest BCUT2D eigenvalue weighted by Crippen LogP contribution is -2.43. The first-order valence-corrected chi connectivity index (χ1v) is 6.31. The van der Waals surface area contributed by atoms with E-state index in [4.69, 9.17) is 0 Å². The van der Waals surface area contributed by atoms with Gasteiger partial charge in [0.15, 0.2) is 9.12 Å². The number of hydrogen-bond donors (Lipinski definition) is 2. The lowest BCUT2D eigenvalue weighted by atomic mass is 9.94. The molecule has 0 aromatic heterocycles. The fourth-order valence-corrected chi connectivity index (χ4v) is 3.03. The molecule has 0 aromatic carbocycles. The molecular weight excluding hydrogens is 152 g/mol. The van der Waals surface area contributed by atoms with E-state index < -0.39 is 9.12 Å². The predicted molar refractivity (Wildman–Crippen MR) is 54.1 cm³/mol. The van der Waals surface area contributed by atoms with Crippen molar-refractivity contribution in [1.29, 1.82) is 0 Å². The molecule has 0 unspecified atom stereocenters. The minimum atomic E-state index is -0.792. The zero-order valence-corrected chi connectivity index (χ0v) is 9.65. The van der Waals surface area contributed by atoms with Crippen molar-refractivity contribution >= 4 is 9.12 Å². The predicted octanol–water partition coefficient (Wildman–Crippen LogP) is 1.08. The third-order valence-corrected chi connectivity index (χ3v) is 4.14. The molecule has 0 spiro atoms. The Hall–Kier alpha value is 0.137. The molecule has 0 aliphatic carbocycles. The average molecular weight is 174 g/mol. The minimum absolute atomic E-state index is 0.485. The van der Waals surface area contributed by atoms with E-state index in [0.29, 0.717) is 5.41 Å². The van der Waals surface area contributed by atoms with Crippen LogP contribution < -0.4 is 9.96 Å². The molecule has 3 heteroatoms. The van der Waals surface area contributed by atoms with Gasteiger partial charge in [0.2, 0.25) is 0 Å². The zero-order chi connectivity index (χ0) is 8.91. The van der Waals surface area contributed by atoms with Crippen molar-refractivity contribution in [3.63, 3.8) is 0 Å². The van der Waals surface area contributed by atoms with Crippen molar-refractivity contribution in [1.82, 2.24) is 9.96 Å². The Bertz CT molecular complexity index is 94.8. The molecule has 0 atom stereocenters. The molecule has 0 saturated heterocycles. The van der Waals surface area contributed by atoms with Crippen molar-refractivity contribution in [2.45, 2.75) is 33.2 Å². The summed E-state index contributed by atoms with van der Waals surface area (Å²) in [5.41, 5.74) is 0.485. The van der Waals surface area contributed by atoms with E-state index in [1.54, 1.807) is 0 Å². The van der Waals surface area contributed by atoms with Crippen molar-refractivity contribution < 1.29 is 0 Å². The Labute approximate surface area is 72.5 Å². The normalized spacial score (nSPS) is 12.5. The first-order valence-electron chi connectivity index (χ1n) is 4.34. The minimum Gasteiger partial charge on any atom is -0.331 e. The monoisotopic (exact) mass is 174 g/mol. The average Bonchev–Trinajstić information content (AvgIpc) is 1.88. The smallest absolute Gasteiger partial charge is 0.184 e. The number of nitrogens with one attached hydrogen (secondary N) is 2. The topological polar surface area (TPSA) is 24.1 Å². The summed E-state index contributed by atoms with van der Waals surface area (Å²) in [6.45, 7) is 6.89. The van der Waals surface area contributed by atoms with E-state index in [9.17, 15) is 0 Å². The van der Waals surface area contributed by atoms with Gasteiger partial charge in [-0.05, 0) is 32.0 Å². The summed E-state index contributed by atoms with van der Waals surface area (Å²) in [6.07, 6.45) is 1.31. The molecule has 68 valence electrons. The second kappa shape index (κ2) is 4.90. The zero-order valence-electron chi connectivity index (χ0n) is 8.49. The van der Waals surface area contributed by atoms with Crippen LogP contribution in [0.4, 0.5) is 0 Å². The highest BCUT2D eigenvalue weighted by atomic mass is 28.3. The van der Waals surface area contributed by atoms with Gasteiger partial charge in [-0.25, -0.2) is 0 Å². The Balaban J connectivity index is 3.51. The van der Waals surface area contributed by atoms with Crippen LogP contribution >= 0.6 is 0 Å². The third kappa shape index (κ3) is 6.53. The van der Waals surface area contributed by atoms with E-state index in [1.165, 1.54) is 12.5 Å². The molecule has 0 bridgehead atoms. The molecule has 0 aromatic rings. The second-order valence-corrected chi connectivity index (χ2v) is 7.07. The Morgan fingerprint density at radius 2 is 1.55 bits per heavy atom. The van der Waals surface area contributed by atoms with E-state index in [0.717, 1.165) is 0 Å². The fourth-order valence-electron chi connectivity index (χ4n) is 1.01. The van der Waals surface area contributed by atoms with Crippen LogP contribution in [0.1, 0.15) is 27.2 Å². The summed E-state index contributed by atoms with van der Waals surface area (Å²) in [5.74, 6) is 0. The third-order valence-electron chi connectivity index (χ3n) is 1.88. The summed E-state index contributed by atoms with van der Waals surface area (Å²) >= 11 is 0. The van der Waals surface area contributed by atoms with Gasteiger partial charge in [0.1, 0.15) is 0 Å². The van der Waals surface area contributed by atoms with Crippen LogP contribution in [0.5, 0.6) is 0 Å². The van der Waals surface area contributed by atoms with Gasteiger partial charge in [-0.2, -0.15) is 0 Å². The van der Waals surface area contributed by atoms with Gasteiger partial charge in [-0.15, -0.1) is 0 Å². The fraction of sp³-hybridized carbons (Fsp3) is 1.00. The highest BCUT2D eigenvalue weighted by Crippen LogP contribution is 2.20. The second-order valence-electron chi connectivity index (χ2n) is 4.23. The molecular formula is C8H22N2Si. The molecule has 11 heavy (non-hydrogen) atoms. The van der Waals surface area contributed by atoms with Gasteiger partial charge in [-0.1, -0.05) is 20.8 Å². The largest absolute Gasteiger partial charge is 0.331 e. The van der Waals surface area contributed by atoms with Crippen LogP contribution in [-0.4, -0.2) is 23.2 Å². The molecule has 0 aliphatic heterocycles. The standard InChI is InChI=1S/C8H22N2Si/c1-8(2,3)6-7-11(9-4)10-5/h9-11H,6-7H2,1-5H3. The first kappa shape index (κ1) is 11.1. The SMILES string of the molecule is CN[SiH](CCC(C)(C)C)NC. The summed E-state index contributed by atoms with van der Waals surface area (Å²) in [4.78, 5) is 6.70. The summed E-state index contributed by atoms with van der Waals surface area (Å²) in [7, 11) is 3.31. The maximum Gasteiger partial charge on any atom is 0.184 e. The van der Waals surface area contributed by atoms with Crippen LogP contribution in [0.15, 0.2) is 0 Å². The Morgan fingerprint density at radius 3 is 1.82 bits per heavy atom. The molecule has 0 saturated carbocycles. The van der Waals surface area contributed by atoms with Crippen molar-refractivity contribution in [2.75, 3.05) is 14.1 Å². The lowest BCUT2D eigenvalue weighted by Gasteiger charge is -2.21. The van der Waals surface area contributed by atoms with E-state index in [2.05, 4.69) is 44.8 Å². The van der Waals surface area contributed by atoms with E-state index in [-0.39, 0.29) is 0 Å². The van der Waals surface area contributed by atoms with Gasteiger partial charge >= 0.3 is 0 Å². The molecule has 0 heterocycles. The van der Waals surface area contributed by atoms with Gasteiger partial charge in [0.25, 0.3) is 0 Å². The van der Waals surface area contributed by atoms with Gasteiger partial charge < -0.3 is 9.96 Å². The molecule has 0 aliphatic rings. The van der Waals surface area contributed by atoms with Crippen LogP contribution in [0.2, 0.25) is 6.04 Å². The summed E-state index contributed by atoms with van der Waals surface area (Å²) in [5, 5.41) is 0. The van der Waals surface area contributed by atoms with Crippen LogP contribution in [-0.2, 0) is 0 Å². The molecule has 0 radical (unpaired) electrons. The summed E-state index contributed by atoms with van der Waals surface area (Å²) < 4.78 is 0. The number of hydrogen-bond acceptors (Lipinski definition) is 2. The Kier molecular flexibility index (Phi) is 4.96. The maximum atomic E-state index is 3.35. The molecule has 2 nitrogen and oxygen atoms in total. The first-order chi connectivity index (χ1) is 4.99.